The zero-order valence-electron chi connectivity index (χ0n) is 15.3. The lowest BCUT2D eigenvalue weighted by atomic mass is 10.2. The van der Waals surface area contributed by atoms with Crippen LogP contribution in [0.2, 0.25) is 0 Å². The van der Waals surface area contributed by atoms with Gasteiger partial charge in [-0.15, -0.1) is 0 Å². The zero-order valence-corrected chi connectivity index (χ0v) is 15.3. The van der Waals surface area contributed by atoms with Gasteiger partial charge in [-0.3, -0.25) is 4.79 Å². The number of para-hydroxylation sites is 2. The van der Waals surface area contributed by atoms with Gasteiger partial charge in [0.05, 0.1) is 27.9 Å². The second kappa shape index (κ2) is 9.41. The van der Waals surface area contributed by atoms with Gasteiger partial charge in [0.2, 0.25) is 5.75 Å². The highest BCUT2D eigenvalue weighted by Gasteiger charge is 2.15. The number of anilines is 1. The first-order chi connectivity index (χ1) is 12.6. The standard InChI is InChI=1S/C19H23NO6/c1-5-25-14-8-6-7-9-15(14)26-12-18(21)20-13-10-16(22-2)19(24-4)17(11-13)23-3/h6-11H,5,12H2,1-4H3,(H,20,21). The van der Waals surface area contributed by atoms with Gasteiger partial charge in [0, 0.05) is 17.8 Å². The molecule has 0 radical (unpaired) electrons. The topological polar surface area (TPSA) is 75.3 Å². The molecule has 1 amide bonds. The third-order valence-electron chi connectivity index (χ3n) is 3.46. The van der Waals surface area contributed by atoms with E-state index in [2.05, 4.69) is 5.32 Å². The Morgan fingerprint density at radius 2 is 1.46 bits per heavy atom. The summed E-state index contributed by atoms with van der Waals surface area (Å²) in [4.78, 5) is 12.2. The molecule has 26 heavy (non-hydrogen) atoms. The van der Waals surface area contributed by atoms with Gasteiger partial charge in [-0.05, 0) is 19.1 Å². The first kappa shape index (κ1) is 19.2. The molecule has 140 valence electrons. The van der Waals surface area contributed by atoms with Crippen LogP contribution in [0.15, 0.2) is 36.4 Å². The molecule has 2 aromatic carbocycles. The van der Waals surface area contributed by atoms with Crippen LogP contribution in [0.25, 0.3) is 0 Å². The van der Waals surface area contributed by atoms with Crippen molar-refractivity contribution in [3.05, 3.63) is 36.4 Å². The van der Waals surface area contributed by atoms with E-state index >= 15 is 0 Å². The molecule has 0 aliphatic heterocycles. The summed E-state index contributed by atoms with van der Waals surface area (Å²) in [5.41, 5.74) is 0.506. The number of amides is 1. The van der Waals surface area contributed by atoms with E-state index in [1.54, 1.807) is 24.3 Å². The monoisotopic (exact) mass is 361 g/mol. The fourth-order valence-corrected chi connectivity index (χ4v) is 2.34. The van der Waals surface area contributed by atoms with Crippen LogP contribution in [0.3, 0.4) is 0 Å². The molecule has 0 fully saturated rings. The Bertz CT molecular complexity index is 722. The summed E-state index contributed by atoms with van der Waals surface area (Å²) in [6.07, 6.45) is 0. The summed E-state index contributed by atoms with van der Waals surface area (Å²) in [5.74, 6) is 2.12. The van der Waals surface area contributed by atoms with Crippen molar-refractivity contribution >= 4 is 11.6 Å². The summed E-state index contributed by atoms with van der Waals surface area (Å²) in [7, 11) is 4.54. The minimum absolute atomic E-state index is 0.166. The summed E-state index contributed by atoms with van der Waals surface area (Å²) in [6.45, 7) is 2.23. The highest BCUT2D eigenvalue weighted by Crippen LogP contribution is 2.39. The normalized spacial score (nSPS) is 10.0. The predicted molar refractivity (Wildman–Crippen MR) is 97.8 cm³/mol. The number of methoxy groups -OCH3 is 3. The average Bonchev–Trinajstić information content (AvgIpc) is 2.66. The molecule has 0 aromatic heterocycles. The number of carbonyl (C=O) groups is 1. The van der Waals surface area contributed by atoms with Crippen molar-refractivity contribution in [2.75, 3.05) is 39.9 Å². The predicted octanol–water partition coefficient (Wildman–Crippen LogP) is 3.13. The van der Waals surface area contributed by atoms with E-state index < -0.39 is 0 Å². The Labute approximate surface area is 152 Å². The molecule has 1 N–H and O–H groups in total. The molecule has 7 nitrogen and oxygen atoms in total. The Hall–Kier alpha value is -3.09. The number of rotatable bonds is 9. The molecule has 0 aliphatic carbocycles. The van der Waals surface area contributed by atoms with E-state index in [0.29, 0.717) is 41.0 Å². The Morgan fingerprint density at radius 3 is 1.96 bits per heavy atom. The Balaban J connectivity index is 2.06. The van der Waals surface area contributed by atoms with Crippen molar-refractivity contribution in [3.63, 3.8) is 0 Å². The summed E-state index contributed by atoms with van der Waals surface area (Å²) >= 11 is 0. The molecular formula is C19H23NO6. The Morgan fingerprint density at radius 1 is 0.885 bits per heavy atom. The van der Waals surface area contributed by atoms with E-state index in [1.807, 2.05) is 19.1 Å². The summed E-state index contributed by atoms with van der Waals surface area (Å²) in [5, 5.41) is 2.74. The van der Waals surface area contributed by atoms with E-state index in [9.17, 15) is 4.79 Å². The lowest BCUT2D eigenvalue weighted by Gasteiger charge is -2.15. The van der Waals surface area contributed by atoms with E-state index in [0.717, 1.165) is 0 Å². The van der Waals surface area contributed by atoms with Crippen LogP contribution in [0.4, 0.5) is 5.69 Å². The molecule has 0 saturated heterocycles. The number of carbonyl (C=O) groups excluding carboxylic acids is 1. The first-order valence-corrected chi connectivity index (χ1v) is 8.07. The van der Waals surface area contributed by atoms with Gasteiger partial charge in [-0.2, -0.15) is 0 Å². The van der Waals surface area contributed by atoms with Crippen LogP contribution in [0.5, 0.6) is 28.7 Å². The summed E-state index contributed by atoms with van der Waals surface area (Å²) in [6, 6.07) is 10.5. The zero-order chi connectivity index (χ0) is 18.9. The molecule has 2 rings (SSSR count). The number of ether oxygens (including phenoxy) is 5. The van der Waals surface area contributed by atoms with Crippen LogP contribution in [-0.2, 0) is 4.79 Å². The molecule has 7 heteroatoms. The van der Waals surface area contributed by atoms with Crippen molar-refractivity contribution < 1.29 is 28.5 Å². The van der Waals surface area contributed by atoms with E-state index in [1.165, 1.54) is 21.3 Å². The van der Waals surface area contributed by atoms with Crippen LogP contribution >= 0.6 is 0 Å². The highest BCUT2D eigenvalue weighted by molar-refractivity contribution is 5.92. The fourth-order valence-electron chi connectivity index (χ4n) is 2.34. The fraction of sp³-hybridized carbons (Fsp3) is 0.316. The summed E-state index contributed by atoms with van der Waals surface area (Å²) < 4.78 is 26.8. The maximum atomic E-state index is 12.2. The lowest BCUT2D eigenvalue weighted by molar-refractivity contribution is -0.118. The van der Waals surface area contributed by atoms with E-state index in [-0.39, 0.29) is 12.5 Å². The van der Waals surface area contributed by atoms with Gasteiger partial charge >= 0.3 is 0 Å². The highest BCUT2D eigenvalue weighted by atomic mass is 16.5. The average molecular weight is 361 g/mol. The molecule has 0 aliphatic rings. The third kappa shape index (κ3) is 4.72. The van der Waals surface area contributed by atoms with Gasteiger partial charge in [0.15, 0.2) is 29.6 Å². The van der Waals surface area contributed by atoms with Crippen LogP contribution in [0.1, 0.15) is 6.92 Å². The minimum Gasteiger partial charge on any atom is -0.493 e. The lowest BCUT2D eigenvalue weighted by Crippen LogP contribution is -2.20. The van der Waals surface area contributed by atoms with Gasteiger partial charge in [0.25, 0.3) is 5.91 Å². The first-order valence-electron chi connectivity index (χ1n) is 8.07. The minimum atomic E-state index is -0.328. The molecule has 0 saturated carbocycles. The third-order valence-corrected chi connectivity index (χ3v) is 3.46. The van der Waals surface area contributed by atoms with E-state index in [4.69, 9.17) is 23.7 Å². The second-order valence-corrected chi connectivity index (χ2v) is 5.13. The molecule has 0 spiro atoms. The maximum Gasteiger partial charge on any atom is 0.262 e. The molecule has 0 atom stereocenters. The largest absolute Gasteiger partial charge is 0.493 e. The van der Waals surface area contributed by atoms with Gasteiger partial charge in [-0.25, -0.2) is 0 Å². The smallest absolute Gasteiger partial charge is 0.262 e. The van der Waals surface area contributed by atoms with Crippen LogP contribution in [-0.4, -0.2) is 40.5 Å². The van der Waals surface area contributed by atoms with Gasteiger partial charge in [0.1, 0.15) is 0 Å². The number of benzene rings is 2. The van der Waals surface area contributed by atoms with Crippen LogP contribution in [0, 0.1) is 0 Å². The van der Waals surface area contributed by atoms with Crippen molar-refractivity contribution in [1.82, 2.24) is 0 Å². The van der Waals surface area contributed by atoms with Gasteiger partial charge in [-0.1, -0.05) is 12.1 Å². The number of nitrogens with one attached hydrogen (secondary N) is 1. The van der Waals surface area contributed by atoms with Crippen molar-refractivity contribution in [1.29, 1.82) is 0 Å². The van der Waals surface area contributed by atoms with Crippen molar-refractivity contribution in [2.24, 2.45) is 0 Å². The van der Waals surface area contributed by atoms with Crippen molar-refractivity contribution in [2.45, 2.75) is 6.92 Å². The molecule has 0 heterocycles. The SMILES string of the molecule is CCOc1ccccc1OCC(=O)Nc1cc(OC)c(OC)c(OC)c1. The second-order valence-electron chi connectivity index (χ2n) is 5.13. The quantitative estimate of drug-likeness (QED) is 0.740. The number of hydrogen-bond acceptors (Lipinski definition) is 6. The maximum absolute atomic E-state index is 12.2. The molecule has 0 unspecified atom stereocenters. The number of hydrogen-bond donors (Lipinski definition) is 1. The molecule has 2 aromatic rings. The van der Waals surface area contributed by atoms with Gasteiger partial charge < -0.3 is 29.0 Å². The van der Waals surface area contributed by atoms with Crippen LogP contribution < -0.4 is 29.0 Å². The molecule has 0 bridgehead atoms. The van der Waals surface area contributed by atoms with Crippen molar-refractivity contribution in [3.8, 4) is 28.7 Å². The molecular weight excluding hydrogens is 338 g/mol. The Kier molecular flexibility index (Phi) is 6.96.